The Kier molecular flexibility index (Phi) is 3.40. The number of rotatable bonds is 2. The van der Waals surface area contributed by atoms with E-state index in [-0.39, 0.29) is 12.0 Å². The predicted molar refractivity (Wildman–Crippen MR) is 57.2 cm³/mol. The van der Waals surface area contributed by atoms with Crippen LogP contribution in [-0.2, 0) is 0 Å². The van der Waals surface area contributed by atoms with E-state index in [1.807, 2.05) is 0 Å². The third-order valence-electron chi connectivity index (χ3n) is 1.80. The largest absolute Gasteiger partial charge is 0.359 e. The summed E-state index contributed by atoms with van der Waals surface area (Å²) >= 11 is 1.52. The van der Waals surface area contributed by atoms with Crippen LogP contribution in [0.1, 0.15) is 20.8 Å². The van der Waals surface area contributed by atoms with Gasteiger partial charge >= 0.3 is 0 Å². The summed E-state index contributed by atoms with van der Waals surface area (Å²) in [5.41, 5.74) is 0.185. The van der Waals surface area contributed by atoms with E-state index in [0.717, 1.165) is 12.7 Å². The molecule has 14 heavy (non-hydrogen) atoms. The third-order valence-corrected chi connectivity index (χ3v) is 3.27. The van der Waals surface area contributed by atoms with Crippen LogP contribution in [0.2, 0.25) is 0 Å². The number of alkyl halides is 2. The lowest BCUT2D eigenvalue weighted by Gasteiger charge is -2.27. The van der Waals surface area contributed by atoms with Crippen LogP contribution in [0.3, 0.4) is 0 Å². The Morgan fingerprint density at radius 2 is 2.21 bits per heavy atom. The molecule has 0 bridgehead atoms. The molecule has 0 saturated carbocycles. The van der Waals surface area contributed by atoms with Crippen LogP contribution in [0.15, 0.2) is 4.99 Å². The van der Waals surface area contributed by atoms with Gasteiger partial charge in [-0.25, -0.2) is 8.78 Å². The predicted octanol–water partition coefficient (Wildman–Crippen LogP) is 2.36. The molecule has 0 fully saturated rings. The number of hydrogen-bond donors (Lipinski definition) is 1. The Balaban J connectivity index is 2.38. The van der Waals surface area contributed by atoms with Gasteiger partial charge in [0.15, 0.2) is 5.17 Å². The van der Waals surface area contributed by atoms with Crippen molar-refractivity contribution >= 4 is 16.9 Å². The fraction of sp³-hybridized carbons (Fsp3) is 0.889. The molecule has 0 spiro atoms. The Labute approximate surface area is 87.6 Å². The summed E-state index contributed by atoms with van der Waals surface area (Å²) in [6, 6.07) is 0. The van der Waals surface area contributed by atoms with E-state index in [0.29, 0.717) is 11.7 Å². The summed E-state index contributed by atoms with van der Waals surface area (Å²) in [4.78, 5) is 4.22. The number of aliphatic imine (C=N–C) groups is 1. The van der Waals surface area contributed by atoms with E-state index >= 15 is 0 Å². The molecule has 5 heteroatoms. The monoisotopic (exact) mass is 222 g/mol. The Hall–Kier alpha value is -0.320. The second-order valence-electron chi connectivity index (χ2n) is 4.50. The van der Waals surface area contributed by atoms with Crippen molar-refractivity contribution in [2.24, 2.45) is 10.4 Å². The molecule has 2 nitrogen and oxygen atoms in total. The minimum Gasteiger partial charge on any atom is -0.359 e. The lowest BCUT2D eigenvalue weighted by Crippen LogP contribution is -2.37. The maximum atomic E-state index is 12.5. The van der Waals surface area contributed by atoms with Gasteiger partial charge in [-0.1, -0.05) is 25.6 Å². The number of nitrogens with zero attached hydrogens (tertiary/aromatic N) is 1. The second-order valence-corrected chi connectivity index (χ2v) is 5.46. The van der Waals surface area contributed by atoms with Gasteiger partial charge in [0.2, 0.25) is 0 Å². The van der Waals surface area contributed by atoms with Crippen LogP contribution in [0.5, 0.6) is 0 Å². The van der Waals surface area contributed by atoms with Crippen molar-refractivity contribution in [2.45, 2.75) is 26.7 Å². The summed E-state index contributed by atoms with van der Waals surface area (Å²) in [5.74, 6) is -1.75. The number of nitrogens with one attached hydrogen (secondary N) is 1. The van der Waals surface area contributed by atoms with Gasteiger partial charge in [-0.2, -0.15) is 0 Å². The van der Waals surface area contributed by atoms with Crippen molar-refractivity contribution in [1.82, 2.24) is 5.32 Å². The lowest BCUT2D eigenvalue weighted by atomic mass is 9.97. The summed E-state index contributed by atoms with van der Waals surface area (Å²) in [6.45, 7) is 5.51. The Morgan fingerprint density at radius 1 is 1.57 bits per heavy atom. The molecule has 0 amide bonds. The van der Waals surface area contributed by atoms with Gasteiger partial charge in [0, 0.05) is 19.2 Å². The van der Waals surface area contributed by atoms with Gasteiger partial charge in [0.25, 0.3) is 5.92 Å². The van der Waals surface area contributed by atoms with Crippen LogP contribution in [0, 0.1) is 5.41 Å². The molecule has 1 aliphatic heterocycles. The van der Waals surface area contributed by atoms with Gasteiger partial charge in [0.05, 0.1) is 6.54 Å². The van der Waals surface area contributed by atoms with E-state index in [4.69, 9.17) is 0 Å². The molecule has 0 radical (unpaired) electrons. The minimum absolute atomic E-state index is 0.185. The minimum atomic E-state index is -2.67. The first-order valence-corrected chi connectivity index (χ1v) is 5.56. The molecule has 0 saturated heterocycles. The highest BCUT2D eigenvalue weighted by molar-refractivity contribution is 8.13. The van der Waals surface area contributed by atoms with Crippen molar-refractivity contribution in [3.05, 3.63) is 0 Å². The van der Waals surface area contributed by atoms with Crippen LogP contribution >= 0.6 is 11.8 Å². The van der Waals surface area contributed by atoms with Crippen molar-refractivity contribution in [1.29, 1.82) is 0 Å². The maximum Gasteiger partial charge on any atom is 0.262 e. The molecule has 0 aromatic heterocycles. The summed E-state index contributed by atoms with van der Waals surface area (Å²) in [6.07, 6.45) is 0. The molecular weight excluding hydrogens is 206 g/mol. The van der Waals surface area contributed by atoms with Crippen LogP contribution in [0.4, 0.5) is 8.78 Å². The fourth-order valence-electron chi connectivity index (χ4n) is 0.979. The van der Waals surface area contributed by atoms with Crippen LogP contribution in [0.25, 0.3) is 0 Å². The second kappa shape index (κ2) is 4.04. The number of amidine groups is 1. The normalized spacial score (nSPS) is 21.6. The van der Waals surface area contributed by atoms with Gasteiger partial charge in [-0.3, -0.25) is 4.99 Å². The highest BCUT2D eigenvalue weighted by Crippen LogP contribution is 2.27. The first-order valence-electron chi connectivity index (χ1n) is 4.57. The maximum absolute atomic E-state index is 12.5. The summed E-state index contributed by atoms with van der Waals surface area (Å²) in [5, 5.41) is 3.31. The van der Waals surface area contributed by atoms with E-state index in [1.54, 1.807) is 0 Å². The van der Waals surface area contributed by atoms with E-state index < -0.39 is 5.92 Å². The summed E-state index contributed by atoms with van der Waals surface area (Å²) < 4.78 is 25.0. The van der Waals surface area contributed by atoms with Crippen LogP contribution in [-0.4, -0.2) is 29.9 Å². The third kappa shape index (κ3) is 4.26. The first-order chi connectivity index (χ1) is 6.29. The van der Waals surface area contributed by atoms with Crippen molar-refractivity contribution in [3.63, 3.8) is 0 Å². The average Bonchev–Trinajstić information content (AvgIpc) is 2.01. The average molecular weight is 222 g/mol. The topological polar surface area (TPSA) is 24.4 Å². The highest BCUT2D eigenvalue weighted by Gasteiger charge is 2.26. The van der Waals surface area contributed by atoms with Crippen molar-refractivity contribution in [3.8, 4) is 0 Å². The molecule has 1 aliphatic rings. The van der Waals surface area contributed by atoms with Crippen molar-refractivity contribution in [2.75, 3.05) is 18.8 Å². The molecule has 0 aromatic rings. The fourth-order valence-corrected chi connectivity index (χ4v) is 1.93. The molecule has 82 valence electrons. The molecule has 0 atom stereocenters. The van der Waals surface area contributed by atoms with Gasteiger partial charge in [-0.05, 0) is 5.41 Å². The van der Waals surface area contributed by atoms with E-state index in [2.05, 4.69) is 24.2 Å². The van der Waals surface area contributed by atoms with E-state index in [9.17, 15) is 8.78 Å². The SMILES string of the molecule is CC(F)(F)CNC1=NCC(C)(C)CS1. The Bertz CT molecular complexity index is 233. The van der Waals surface area contributed by atoms with E-state index in [1.165, 1.54) is 11.8 Å². The molecule has 1 heterocycles. The van der Waals surface area contributed by atoms with Gasteiger partial charge in [-0.15, -0.1) is 0 Å². The highest BCUT2D eigenvalue weighted by atomic mass is 32.2. The molecule has 0 aliphatic carbocycles. The quantitative estimate of drug-likeness (QED) is 0.775. The lowest BCUT2D eigenvalue weighted by molar-refractivity contribution is 0.0275. The summed E-state index contributed by atoms with van der Waals surface area (Å²) in [7, 11) is 0. The zero-order valence-corrected chi connectivity index (χ0v) is 9.55. The Morgan fingerprint density at radius 3 is 2.64 bits per heavy atom. The first kappa shape index (κ1) is 11.8. The number of hydrogen-bond acceptors (Lipinski definition) is 3. The molecule has 1 rings (SSSR count). The van der Waals surface area contributed by atoms with Gasteiger partial charge < -0.3 is 5.32 Å². The van der Waals surface area contributed by atoms with Crippen molar-refractivity contribution < 1.29 is 8.78 Å². The smallest absolute Gasteiger partial charge is 0.262 e. The standard InChI is InChI=1S/C9H16F2N2S/c1-8(2)4-12-7(14-6-8)13-5-9(3,10)11/h4-6H2,1-3H3,(H,12,13). The zero-order chi connectivity index (χ0) is 10.8. The number of halogens is 2. The zero-order valence-electron chi connectivity index (χ0n) is 8.73. The molecule has 0 unspecified atom stereocenters. The molecular formula is C9H16F2N2S. The van der Waals surface area contributed by atoms with Gasteiger partial charge in [0.1, 0.15) is 0 Å². The molecule has 1 N–H and O–H groups in total. The van der Waals surface area contributed by atoms with Crippen LogP contribution < -0.4 is 5.32 Å². The number of thioether (sulfide) groups is 1. The molecule has 0 aromatic carbocycles.